The molecule has 2 amide bonds. The summed E-state index contributed by atoms with van der Waals surface area (Å²) >= 11 is 2.01. The van der Waals surface area contributed by atoms with Crippen molar-refractivity contribution < 1.29 is 9.53 Å². The molecule has 2 rings (SSSR count). The molecule has 1 saturated heterocycles. The monoisotopic (exact) mass is 323 g/mol. The van der Waals surface area contributed by atoms with Gasteiger partial charge in [-0.3, -0.25) is 0 Å². The Morgan fingerprint density at radius 1 is 1.36 bits per heavy atom. The van der Waals surface area contributed by atoms with E-state index >= 15 is 0 Å². The number of benzene rings is 1. The van der Waals surface area contributed by atoms with Gasteiger partial charge in [0.15, 0.2) is 0 Å². The van der Waals surface area contributed by atoms with E-state index < -0.39 is 0 Å². The number of nitrogens with one attached hydrogen (secondary N) is 2. The summed E-state index contributed by atoms with van der Waals surface area (Å²) in [7, 11) is 1.66. The number of hydrogen-bond donors (Lipinski definition) is 2. The number of urea groups is 1. The molecule has 1 aliphatic rings. The molecule has 0 spiro atoms. The molecule has 1 aromatic rings. The number of anilines is 2. The van der Waals surface area contributed by atoms with E-state index in [1.165, 1.54) is 22.8 Å². The lowest BCUT2D eigenvalue weighted by atomic mass is 10.1. The average molecular weight is 323 g/mol. The Hall–Kier alpha value is -1.40. The van der Waals surface area contributed by atoms with Crippen LogP contribution in [-0.2, 0) is 4.74 Å². The van der Waals surface area contributed by atoms with Crippen LogP contribution in [0, 0.1) is 6.92 Å². The van der Waals surface area contributed by atoms with Crippen molar-refractivity contribution in [1.29, 1.82) is 0 Å². The first kappa shape index (κ1) is 17.0. The molecule has 2 N–H and O–H groups in total. The van der Waals surface area contributed by atoms with Crippen LogP contribution in [0.5, 0.6) is 0 Å². The molecule has 0 aromatic heterocycles. The first-order valence-electron chi connectivity index (χ1n) is 7.68. The van der Waals surface area contributed by atoms with Gasteiger partial charge in [-0.1, -0.05) is 0 Å². The van der Waals surface area contributed by atoms with E-state index in [-0.39, 0.29) is 6.03 Å². The zero-order valence-corrected chi connectivity index (χ0v) is 14.2. The zero-order valence-electron chi connectivity index (χ0n) is 13.4. The van der Waals surface area contributed by atoms with Crippen LogP contribution in [0.15, 0.2) is 18.2 Å². The minimum absolute atomic E-state index is 0.169. The highest BCUT2D eigenvalue weighted by Gasteiger charge is 2.13. The molecule has 0 radical (unpaired) electrons. The van der Waals surface area contributed by atoms with Gasteiger partial charge in [-0.15, -0.1) is 0 Å². The number of carbonyl (C=O) groups excluding carboxylic acids is 1. The minimum Gasteiger partial charge on any atom is -0.385 e. The van der Waals surface area contributed by atoms with Gasteiger partial charge in [0.2, 0.25) is 0 Å². The Balaban J connectivity index is 1.87. The zero-order chi connectivity index (χ0) is 15.8. The Bertz CT molecular complexity index is 490. The minimum atomic E-state index is -0.169. The second-order valence-electron chi connectivity index (χ2n) is 5.33. The van der Waals surface area contributed by atoms with Crippen LogP contribution >= 0.6 is 11.8 Å². The summed E-state index contributed by atoms with van der Waals surface area (Å²) in [6.45, 7) is 5.56. The fourth-order valence-electron chi connectivity index (χ4n) is 2.49. The number of rotatable bonds is 6. The van der Waals surface area contributed by atoms with Gasteiger partial charge in [-0.25, -0.2) is 4.79 Å². The smallest absolute Gasteiger partial charge is 0.319 e. The second-order valence-corrected chi connectivity index (χ2v) is 6.55. The van der Waals surface area contributed by atoms with Crippen LogP contribution in [0.1, 0.15) is 12.0 Å². The molecular formula is C16H25N3O2S. The highest BCUT2D eigenvalue weighted by Crippen LogP contribution is 2.26. The topological polar surface area (TPSA) is 53.6 Å². The van der Waals surface area contributed by atoms with Crippen molar-refractivity contribution in [3.05, 3.63) is 23.8 Å². The Morgan fingerprint density at radius 2 is 2.14 bits per heavy atom. The van der Waals surface area contributed by atoms with E-state index in [2.05, 4.69) is 28.5 Å². The van der Waals surface area contributed by atoms with E-state index in [1.807, 2.05) is 23.9 Å². The van der Waals surface area contributed by atoms with Gasteiger partial charge in [0.1, 0.15) is 0 Å². The van der Waals surface area contributed by atoms with Gasteiger partial charge < -0.3 is 20.3 Å². The molecule has 1 aliphatic heterocycles. The van der Waals surface area contributed by atoms with Crippen molar-refractivity contribution in [3.63, 3.8) is 0 Å². The highest BCUT2D eigenvalue weighted by atomic mass is 32.2. The van der Waals surface area contributed by atoms with Gasteiger partial charge >= 0.3 is 6.03 Å². The third-order valence-electron chi connectivity index (χ3n) is 3.62. The second kappa shape index (κ2) is 8.90. The number of amides is 2. The summed E-state index contributed by atoms with van der Waals surface area (Å²) in [5.41, 5.74) is 3.30. The molecule has 0 unspecified atom stereocenters. The Labute approximate surface area is 136 Å². The number of nitrogens with zero attached hydrogens (tertiary/aromatic N) is 1. The standard InChI is InChI=1S/C16H25N3O2S/c1-13-12-14(18-16(20)17-6-3-9-21-2)4-5-15(13)19-7-10-22-11-8-19/h4-5,12H,3,6-11H2,1-2H3,(H2,17,18,20). The van der Waals surface area contributed by atoms with Crippen LogP contribution in [0.2, 0.25) is 0 Å². The summed E-state index contributed by atoms with van der Waals surface area (Å²) in [6.07, 6.45) is 0.814. The predicted octanol–water partition coefficient (Wildman–Crippen LogP) is 2.71. The largest absolute Gasteiger partial charge is 0.385 e. The summed E-state index contributed by atoms with van der Waals surface area (Å²) in [5, 5.41) is 5.70. The molecule has 22 heavy (non-hydrogen) atoms. The first-order valence-corrected chi connectivity index (χ1v) is 8.83. The lowest BCUT2D eigenvalue weighted by Crippen LogP contribution is -2.33. The van der Waals surface area contributed by atoms with Crippen LogP contribution in [0.3, 0.4) is 0 Å². The Kier molecular flexibility index (Phi) is 6.86. The van der Waals surface area contributed by atoms with Crippen LogP contribution < -0.4 is 15.5 Å². The maximum Gasteiger partial charge on any atom is 0.319 e. The van der Waals surface area contributed by atoms with E-state index in [4.69, 9.17) is 4.74 Å². The molecule has 1 aromatic carbocycles. The number of methoxy groups -OCH3 is 1. The summed E-state index contributed by atoms with van der Waals surface area (Å²) in [5.74, 6) is 2.37. The number of carbonyl (C=O) groups is 1. The molecule has 1 heterocycles. The summed E-state index contributed by atoms with van der Waals surface area (Å²) in [4.78, 5) is 14.2. The van der Waals surface area contributed by atoms with Gasteiger partial charge in [0.25, 0.3) is 0 Å². The maximum atomic E-state index is 11.8. The molecule has 5 nitrogen and oxygen atoms in total. The highest BCUT2D eigenvalue weighted by molar-refractivity contribution is 7.99. The van der Waals surface area contributed by atoms with Gasteiger partial charge in [0.05, 0.1) is 0 Å². The summed E-state index contributed by atoms with van der Waals surface area (Å²) < 4.78 is 4.95. The third kappa shape index (κ3) is 5.10. The fraction of sp³-hybridized carbons (Fsp3) is 0.562. The van der Waals surface area contributed by atoms with Crippen LogP contribution in [0.25, 0.3) is 0 Å². The van der Waals surface area contributed by atoms with Crippen LogP contribution in [0.4, 0.5) is 16.2 Å². The van der Waals surface area contributed by atoms with E-state index in [0.717, 1.165) is 25.2 Å². The van der Waals surface area contributed by atoms with Crippen molar-refractivity contribution >= 4 is 29.2 Å². The first-order chi connectivity index (χ1) is 10.7. The lowest BCUT2D eigenvalue weighted by Gasteiger charge is -2.30. The van der Waals surface area contributed by atoms with Gasteiger partial charge in [0, 0.05) is 56.2 Å². The van der Waals surface area contributed by atoms with Crippen molar-refractivity contribution in [2.75, 3.05) is 55.1 Å². The maximum absolute atomic E-state index is 11.8. The molecule has 0 saturated carbocycles. The van der Waals surface area contributed by atoms with Crippen molar-refractivity contribution in [2.24, 2.45) is 0 Å². The quantitative estimate of drug-likeness (QED) is 0.791. The average Bonchev–Trinajstić information content (AvgIpc) is 2.52. The SMILES string of the molecule is COCCCNC(=O)Nc1ccc(N2CCSCC2)c(C)c1. The van der Waals surface area contributed by atoms with Crippen molar-refractivity contribution in [1.82, 2.24) is 5.32 Å². The molecule has 0 aliphatic carbocycles. The van der Waals surface area contributed by atoms with E-state index in [9.17, 15) is 4.79 Å². The molecule has 1 fully saturated rings. The fourth-order valence-corrected chi connectivity index (χ4v) is 3.39. The number of thioether (sulfide) groups is 1. The Morgan fingerprint density at radius 3 is 2.82 bits per heavy atom. The summed E-state index contributed by atoms with van der Waals surface area (Å²) in [6, 6.07) is 5.94. The van der Waals surface area contributed by atoms with Crippen molar-refractivity contribution in [2.45, 2.75) is 13.3 Å². The van der Waals surface area contributed by atoms with Gasteiger partial charge in [-0.2, -0.15) is 11.8 Å². The van der Waals surface area contributed by atoms with E-state index in [1.54, 1.807) is 7.11 Å². The normalized spacial score (nSPS) is 14.7. The van der Waals surface area contributed by atoms with Crippen LogP contribution in [-0.4, -0.2) is 50.9 Å². The molecule has 0 atom stereocenters. The third-order valence-corrected chi connectivity index (χ3v) is 4.56. The number of ether oxygens (including phenoxy) is 1. The molecule has 122 valence electrons. The molecule has 0 bridgehead atoms. The number of aryl methyl sites for hydroxylation is 1. The van der Waals surface area contributed by atoms with Gasteiger partial charge in [-0.05, 0) is 37.1 Å². The molecule has 6 heteroatoms. The molecular weight excluding hydrogens is 298 g/mol. The number of hydrogen-bond acceptors (Lipinski definition) is 4. The lowest BCUT2D eigenvalue weighted by molar-refractivity contribution is 0.194. The predicted molar refractivity (Wildman–Crippen MR) is 94.2 cm³/mol. The van der Waals surface area contributed by atoms with Crippen molar-refractivity contribution in [3.8, 4) is 0 Å². The van der Waals surface area contributed by atoms with E-state index in [0.29, 0.717) is 13.2 Å².